The summed E-state index contributed by atoms with van der Waals surface area (Å²) in [6.45, 7) is 4.78. The lowest BCUT2D eigenvalue weighted by molar-refractivity contribution is -0.137. The minimum Gasteiger partial charge on any atom is -0.383 e. The molecule has 1 aromatic rings. The molecular weight excluding hydrogens is 297 g/mol. The van der Waals surface area contributed by atoms with Crippen LogP contribution in [0.25, 0.3) is 0 Å². The van der Waals surface area contributed by atoms with E-state index in [1.807, 2.05) is 12.3 Å². The first-order chi connectivity index (χ1) is 9.81. The van der Waals surface area contributed by atoms with Crippen LogP contribution in [0.15, 0.2) is 18.2 Å². The van der Waals surface area contributed by atoms with Gasteiger partial charge in [0.2, 0.25) is 0 Å². The van der Waals surface area contributed by atoms with Gasteiger partial charge in [-0.2, -0.15) is 30.2 Å². The number of nitrogens with one attached hydrogen (secondary N) is 1. The summed E-state index contributed by atoms with van der Waals surface area (Å²) in [5, 5.41) is 12.2. The maximum absolute atomic E-state index is 12.6. The van der Waals surface area contributed by atoms with Gasteiger partial charge in [-0.05, 0) is 37.3 Å². The lowest BCUT2D eigenvalue weighted by Crippen LogP contribution is -2.32. The predicted molar refractivity (Wildman–Crippen MR) is 81.5 cm³/mol. The number of benzene rings is 1. The second-order valence-electron chi connectivity index (χ2n) is 4.82. The van der Waals surface area contributed by atoms with Crippen LogP contribution in [0, 0.1) is 11.3 Å². The largest absolute Gasteiger partial charge is 0.416 e. The number of thioether (sulfide) groups is 1. The van der Waals surface area contributed by atoms with E-state index in [0.29, 0.717) is 12.2 Å². The van der Waals surface area contributed by atoms with Crippen LogP contribution in [0.5, 0.6) is 0 Å². The van der Waals surface area contributed by atoms with Gasteiger partial charge in [-0.25, -0.2) is 0 Å². The molecule has 21 heavy (non-hydrogen) atoms. The van der Waals surface area contributed by atoms with Crippen LogP contribution >= 0.6 is 11.8 Å². The van der Waals surface area contributed by atoms with Gasteiger partial charge in [-0.3, -0.25) is 0 Å². The first kappa shape index (κ1) is 17.7. The van der Waals surface area contributed by atoms with Gasteiger partial charge in [0.05, 0.1) is 16.8 Å². The summed E-state index contributed by atoms with van der Waals surface area (Å²) in [7, 11) is 0. The van der Waals surface area contributed by atoms with Crippen LogP contribution < -0.4 is 5.32 Å². The summed E-state index contributed by atoms with van der Waals surface area (Å²) in [6, 6.07) is 5.05. The van der Waals surface area contributed by atoms with Crippen molar-refractivity contribution < 1.29 is 13.2 Å². The van der Waals surface area contributed by atoms with E-state index in [-0.39, 0.29) is 10.3 Å². The van der Waals surface area contributed by atoms with Crippen LogP contribution in [0.4, 0.5) is 18.9 Å². The van der Waals surface area contributed by atoms with Gasteiger partial charge in [-0.1, -0.05) is 13.8 Å². The molecule has 0 spiro atoms. The van der Waals surface area contributed by atoms with Gasteiger partial charge in [-0.15, -0.1) is 0 Å². The Balaban J connectivity index is 2.98. The van der Waals surface area contributed by atoms with Crippen molar-refractivity contribution in [2.24, 2.45) is 0 Å². The van der Waals surface area contributed by atoms with Gasteiger partial charge in [0.15, 0.2) is 0 Å². The van der Waals surface area contributed by atoms with Gasteiger partial charge in [0.1, 0.15) is 6.07 Å². The molecule has 0 radical (unpaired) electrons. The Labute approximate surface area is 127 Å². The molecule has 0 saturated heterocycles. The SMILES string of the molecule is CCC(CC)(CNc1ccc(C(F)(F)F)cc1C#N)SC. The fraction of sp³-hybridized carbons (Fsp3) is 0.533. The van der Waals surface area contributed by atoms with Crippen LogP contribution in [0.2, 0.25) is 0 Å². The number of rotatable bonds is 6. The van der Waals surface area contributed by atoms with Crippen molar-refractivity contribution in [1.82, 2.24) is 0 Å². The maximum atomic E-state index is 12.6. The molecule has 6 heteroatoms. The van der Waals surface area contributed by atoms with E-state index >= 15 is 0 Å². The second-order valence-corrected chi connectivity index (χ2v) is 6.09. The number of hydrogen-bond donors (Lipinski definition) is 1. The van der Waals surface area contributed by atoms with Crippen molar-refractivity contribution >= 4 is 17.4 Å². The highest BCUT2D eigenvalue weighted by Gasteiger charge is 2.31. The molecule has 1 N–H and O–H groups in total. The minimum absolute atomic E-state index is 0.0204. The minimum atomic E-state index is -4.43. The molecule has 0 aliphatic carbocycles. The van der Waals surface area contributed by atoms with Crippen molar-refractivity contribution in [2.75, 3.05) is 18.1 Å². The molecule has 0 bridgehead atoms. The van der Waals surface area contributed by atoms with E-state index in [1.165, 1.54) is 6.07 Å². The van der Waals surface area contributed by atoms with Crippen LogP contribution in [0.3, 0.4) is 0 Å². The molecule has 0 heterocycles. The summed E-state index contributed by atoms with van der Waals surface area (Å²) >= 11 is 1.73. The molecular formula is C15H19F3N2S. The zero-order valence-corrected chi connectivity index (χ0v) is 13.2. The van der Waals surface area contributed by atoms with Gasteiger partial charge in [0.25, 0.3) is 0 Å². The Morgan fingerprint density at radius 1 is 1.24 bits per heavy atom. The van der Waals surface area contributed by atoms with Crippen molar-refractivity contribution in [3.8, 4) is 6.07 Å². The number of hydrogen-bond acceptors (Lipinski definition) is 3. The third kappa shape index (κ3) is 4.31. The molecule has 1 aromatic carbocycles. The molecule has 1 rings (SSSR count). The van der Waals surface area contributed by atoms with E-state index in [1.54, 1.807) is 11.8 Å². The number of nitriles is 1. The Bertz CT molecular complexity index is 508. The lowest BCUT2D eigenvalue weighted by Gasteiger charge is -2.30. The van der Waals surface area contributed by atoms with Crippen molar-refractivity contribution in [2.45, 2.75) is 37.6 Å². The topological polar surface area (TPSA) is 35.8 Å². The van der Waals surface area contributed by atoms with E-state index in [2.05, 4.69) is 19.2 Å². The molecule has 0 aliphatic rings. The molecule has 0 unspecified atom stereocenters. The summed E-state index contributed by atoms with van der Waals surface area (Å²) in [4.78, 5) is 0. The molecule has 0 saturated carbocycles. The number of anilines is 1. The van der Waals surface area contributed by atoms with E-state index in [4.69, 9.17) is 5.26 Å². The van der Waals surface area contributed by atoms with Crippen LogP contribution in [0.1, 0.15) is 37.8 Å². The van der Waals surface area contributed by atoms with Gasteiger partial charge in [0, 0.05) is 11.3 Å². The smallest absolute Gasteiger partial charge is 0.383 e. The van der Waals surface area contributed by atoms with Crippen molar-refractivity contribution in [3.63, 3.8) is 0 Å². The van der Waals surface area contributed by atoms with Crippen LogP contribution in [-0.4, -0.2) is 17.5 Å². The zero-order valence-electron chi connectivity index (χ0n) is 12.3. The Hall–Kier alpha value is -1.35. The highest BCUT2D eigenvalue weighted by molar-refractivity contribution is 8.00. The van der Waals surface area contributed by atoms with Crippen molar-refractivity contribution in [3.05, 3.63) is 29.3 Å². The first-order valence-electron chi connectivity index (χ1n) is 6.72. The van der Waals surface area contributed by atoms with E-state index in [0.717, 1.165) is 25.0 Å². The van der Waals surface area contributed by atoms with E-state index < -0.39 is 11.7 Å². The summed E-state index contributed by atoms with van der Waals surface area (Å²) in [5.41, 5.74) is -0.329. The number of nitrogens with zero attached hydrogens (tertiary/aromatic N) is 1. The van der Waals surface area contributed by atoms with Crippen LogP contribution in [-0.2, 0) is 6.18 Å². The van der Waals surface area contributed by atoms with E-state index in [9.17, 15) is 13.2 Å². The molecule has 0 atom stereocenters. The zero-order chi connectivity index (χ0) is 16.1. The molecule has 0 aliphatic heterocycles. The summed E-state index contributed by atoms with van der Waals surface area (Å²) in [5.74, 6) is 0. The molecule has 2 nitrogen and oxygen atoms in total. The normalized spacial score (nSPS) is 12.0. The first-order valence-corrected chi connectivity index (χ1v) is 7.94. The maximum Gasteiger partial charge on any atom is 0.416 e. The predicted octanol–water partition coefficient (Wildman–Crippen LogP) is 4.91. The second kappa shape index (κ2) is 7.08. The van der Waals surface area contributed by atoms with Gasteiger partial charge < -0.3 is 5.32 Å². The number of halogens is 3. The van der Waals surface area contributed by atoms with Gasteiger partial charge >= 0.3 is 6.18 Å². The molecule has 0 amide bonds. The highest BCUT2D eigenvalue weighted by atomic mass is 32.2. The average molecular weight is 316 g/mol. The van der Waals surface area contributed by atoms with Crippen molar-refractivity contribution in [1.29, 1.82) is 5.26 Å². The monoisotopic (exact) mass is 316 g/mol. The Morgan fingerprint density at radius 3 is 2.29 bits per heavy atom. The Kier molecular flexibility index (Phi) is 5.97. The standard InChI is InChI=1S/C15H19F3N2S/c1-4-14(5-2,21-3)10-20-13-7-6-12(15(16,17)18)8-11(13)9-19/h6-8,20H,4-5,10H2,1-3H3. The summed E-state index contributed by atoms with van der Waals surface area (Å²) < 4.78 is 37.9. The Morgan fingerprint density at radius 2 is 1.86 bits per heavy atom. The number of alkyl halides is 3. The quantitative estimate of drug-likeness (QED) is 0.810. The third-order valence-corrected chi connectivity index (χ3v) is 5.38. The molecule has 0 aromatic heterocycles. The fourth-order valence-electron chi connectivity index (χ4n) is 2.08. The fourth-order valence-corrected chi connectivity index (χ4v) is 2.88. The lowest BCUT2D eigenvalue weighted by atomic mass is 10.0. The third-order valence-electron chi connectivity index (χ3n) is 3.79. The molecule has 0 fully saturated rings. The molecule has 116 valence electrons. The average Bonchev–Trinajstić information content (AvgIpc) is 2.48. The highest BCUT2D eigenvalue weighted by Crippen LogP contribution is 2.33. The summed E-state index contributed by atoms with van der Waals surface area (Å²) in [6.07, 6.45) is -0.521.